The minimum absolute atomic E-state index is 0.176. The zero-order chi connectivity index (χ0) is 35.5. The van der Waals surface area contributed by atoms with E-state index in [-0.39, 0.29) is 11.1 Å². The molecule has 0 aromatic heterocycles. The van der Waals surface area contributed by atoms with Gasteiger partial charge in [0.2, 0.25) is 0 Å². The summed E-state index contributed by atoms with van der Waals surface area (Å²) in [7, 11) is 2.00. The first kappa shape index (κ1) is 51.2. The Morgan fingerprint density at radius 3 is 0.370 bits per heavy atom. The fourth-order valence-corrected chi connectivity index (χ4v) is 5.30. The second kappa shape index (κ2) is 47.7. The standard InChI is InChI=1S/3C10H20.2C4H6O2.2CH4O/c3*1-2-4-6-8-10-9-7-5-3-1;2*1-3(2)4(5)6;2*1-2/h3*1-10H2;2*1H2,2H3,(H,5,6);2*2H,1H3. The largest absolute Gasteiger partial charge is 0.478 e. The predicted octanol–water partition coefficient (Wildman–Crippen LogP) is 12.2. The predicted molar refractivity (Wildman–Crippen MR) is 200 cm³/mol. The molecule has 4 N–H and O–H groups in total. The van der Waals surface area contributed by atoms with Gasteiger partial charge in [-0.05, 0) is 13.8 Å². The third-order valence-electron chi connectivity index (χ3n) is 8.23. The summed E-state index contributed by atoms with van der Waals surface area (Å²) < 4.78 is 0. The van der Waals surface area contributed by atoms with E-state index in [1.807, 2.05) is 0 Å². The molecule has 276 valence electrons. The summed E-state index contributed by atoms with van der Waals surface area (Å²) in [6, 6.07) is 0. The number of aliphatic hydroxyl groups is 2. The van der Waals surface area contributed by atoms with Gasteiger partial charge in [0.1, 0.15) is 0 Å². The van der Waals surface area contributed by atoms with Crippen molar-refractivity contribution in [2.75, 3.05) is 14.2 Å². The lowest BCUT2D eigenvalue weighted by Gasteiger charge is -2.05. The van der Waals surface area contributed by atoms with Crippen LogP contribution < -0.4 is 0 Å². The van der Waals surface area contributed by atoms with Crippen LogP contribution in [0.15, 0.2) is 24.3 Å². The minimum atomic E-state index is -0.935. The molecule has 0 aliphatic heterocycles. The summed E-state index contributed by atoms with van der Waals surface area (Å²) in [6.45, 7) is 9.20. The molecule has 0 bridgehead atoms. The molecule has 3 rings (SSSR count). The smallest absolute Gasteiger partial charge is 0.330 e. The third kappa shape index (κ3) is 54.8. The number of aliphatic carboxylic acids is 2. The van der Waals surface area contributed by atoms with E-state index in [0.29, 0.717) is 0 Å². The molecule has 0 heterocycles. The quantitative estimate of drug-likeness (QED) is 0.220. The van der Waals surface area contributed by atoms with E-state index in [1.54, 1.807) is 0 Å². The van der Waals surface area contributed by atoms with E-state index in [2.05, 4.69) is 13.2 Å². The Morgan fingerprint density at radius 1 is 0.304 bits per heavy atom. The molecule has 3 fully saturated rings. The first-order chi connectivity index (χ1) is 22.3. The van der Waals surface area contributed by atoms with Crippen molar-refractivity contribution in [1.29, 1.82) is 0 Å². The van der Waals surface area contributed by atoms with Crippen molar-refractivity contribution in [2.45, 2.75) is 206 Å². The van der Waals surface area contributed by atoms with Gasteiger partial charge in [-0.2, -0.15) is 0 Å². The van der Waals surface area contributed by atoms with Gasteiger partial charge in [0.15, 0.2) is 0 Å². The summed E-state index contributed by atoms with van der Waals surface area (Å²) >= 11 is 0. The molecule has 0 saturated heterocycles. The third-order valence-corrected chi connectivity index (χ3v) is 8.23. The van der Waals surface area contributed by atoms with E-state index < -0.39 is 11.9 Å². The molecule has 0 radical (unpaired) electrons. The van der Waals surface area contributed by atoms with Crippen LogP contribution in [-0.2, 0) is 9.59 Å². The van der Waals surface area contributed by atoms with E-state index in [1.165, 1.54) is 206 Å². The van der Waals surface area contributed by atoms with Crippen LogP contribution in [0.25, 0.3) is 0 Å². The topological polar surface area (TPSA) is 115 Å². The molecule has 0 aromatic rings. The monoisotopic (exact) mass is 657 g/mol. The van der Waals surface area contributed by atoms with Crippen LogP contribution >= 0.6 is 0 Å². The van der Waals surface area contributed by atoms with Crippen LogP contribution in [-0.4, -0.2) is 46.6 Å². The van der Waals surface area contributed by atoms with Crippen molar-refractivity contribution in [2.24, 2.45) is 0 Å². The Labute approximate surface area is 286 Å². The summed E-state index contributed by atoms with van der Waals surface area (Å²) in [5.41, 5.74) is 0.352. The van der Waals surface area contributed by atoms with Crippen LogP contribution in [0.4, 0.5) is 0 Å². The van der Waals surface area contributed by atoms with Crippen molar-refractivity contribution < 1.29 is 30.0 Å². The lowest BCUT2D eigenvalue weighted by Crippen LogP contribution is -1.92. The van der Waals surface area contributed by atoms with Crippen LogP contribution in [0.3, 0.4) is 0 Å². The molecule has 6 nitrogen and oxygen atoms in total. The van der Waals surface area contributed by atoms with Gasteiger partial charge in [-0.25, -0.2) is 9.59 Å². The van der Waals surface area contributed by atoms with Gasteiger partial charge in [-0.15, -0.1) is 0 Å². The van der Waals surface area contributed by atoms with Crippen LogP contribution in [0.1, 0.15) is 206 Å². The van der Waals surface area contributed by atoms with Crippen molar-refractivity contribution in [3.8, 4) is 0 Å². The van der Waals surface area contributed by atoms with E-state index in [9.17, 15) is 9.59 Å². The zero-order valence-electron chi connectivity index (χ0n) is 31.2. The van der Waals surface area contributed by atoms with Gasteiger partial charge in [-0.3, -0.25) is 0 Å². The van der Waals surface area contributed by atoms with E-state index >= 15 is 0 Å². The van der Waals surface area contributed by atoms with Crippen LogP contribution in [0, 0.1) is 0 Å². The van der Waals surface area contributed by atoms with Crippen molar-refractivity contribution >= 4 is 11.9 Å². The van der Waals surface area contributed by atoms with Gasteiger partial charge in [0.25, 0.3) is 0 Å². The van der Waals surface area contributed by atoms with Crippen molar-refractivity contribution in [3.05, 3.63) is 24.3 Å². The highest BCUT2D eigenvalue weighted by Gasteiger charge is 1.98. The second-order valence-electron chi connectivity index (χ2n) is 12.8. The normalized spacial score (nSPS) is 17.9. The first-order valence-corrected chi connectivity index (χ1v) is 19.0. The maximum Gasteiger partial charge on any atom is 0.330 e. The Bertz CT molecular complexity index is 436. The summed E-state index contributed by atoms with van der Waals surface area (Å²) in [4.78, 5) is 19.2. The van der Waals surface area contributed by atoms with Crippen LogP contribution in [0.2, 0.25) is 0 Å². The summed E-state index contributed by atoms with van der Waals surface area (Å²) in [6.07, 6.45) is 45.0. The molecular formula is C40H80O6. The number of aliphatic hydroxyl groups excluding tert-OH is 2. The maximum absolute atomic E-state index is 9.60. The Morgan fingerprint density at radius 2 is 0.348 bits per heavy atom. The number of hydrogen-bond acceptors (Lipinski definition) is 4. The van der Waals surface area contributed by atoms with Gasteiger partial charge >= 0.3 is 11.9 Å². The highest BCUT2D eigenvalue weighted by molar-refractivity contribution is 5.85. The molecule has 3 aliphatic rings. The number of rotatable bonds is 2. The zero-order valence-corrected chi connectivity index (χ0v) is 31.2. The second-order valence-corrected chi connectivity index (χ2v) is 12.8. The molecule has 6 heteroatoms. The highest BCUT2D eigenvalue weighted by atomic mass is 16.4. The highest BCUT2D eigenvalue weighted by Crippen LogP contribution is 2.17. The van der Waals surface area contributed by atoms with E-state index in [4.69, 9.17) is 20.4 Å². The molecular weight excluding hydrogens is 576 g/mol. The van der Waals surface area contributed by atoms with Crippen LogP contribution in [0.5, 0.6) is 0 Å². The van der Waals surface area contributed by atoms with Gasteiger partial charge in [-0.1, -0.05) is 206 Å². The molecule has 0 amide bonds. The fourth-order valence-electron chi connectivity index (χ4n) is 5.30. The first-order valence-electron chi connectivity index (χ1n) is 19.0. The summed E-state index contributed by atoms with van der Waals surface area (Å²) in [5, 5.41) is 29.8. The molecule has 0 unspecified atom stereocenters. The molecule has 3 aliphatic carbocycles. The number of carboxylic acid groups (broad SMARTS) is 2. The van der Waals surface area contributed by atoms with Crippen molar-refractivity contribution in [1.82, 2.24) is 0 Å². The molecule has 0 aromatic carbocycles. The average Bonchev–Trinajstić information content (AvgIpc) is 3.08. The summed E-state index contributed by atoms with van der Waals surface area (Å²) in [5.74, 6) is -1.87. The Kier molecular flexibility index (Phi) is 53.1. The Hall–Kier alpha value is -1.66. The van der Waals surface area contributed by atoms with Crippen molar-refractivity contribution in [3.63, 3.8) is 0 Å². The fraction of sp³-hybridized carbons (Fsp3) is 0.850. The molecule has 3 saturated carbocycles. The molecule has 0 spiro atoms. The maximum atomic E-state index is 9.60. The Balaban J connectivity index is -0.000000237. The minimum Gasteiger partial charge on any atom is -0.478 e. The average molecular weight is 657 g/mol. The molecule has 46 heavy (non-hydrogen) atoms. The van der Waals surface area contributed by atoms with Gasteiger partial charge < -0.3 is 20.4 Å². The van der Waals surface area contributed by atoms with Gasteiger partial charge in [0.05, 0.1) is 0 Å². The lowest BCUT2D eigenvalue weighted by molar-refractivity contribution is -0.133. The number of carbonyl (C=O) groups is 2. The SMILES string of the molecule is C1CCCCCCCCC1.C1CCCCCCCCC1.C1CCCCCCCCC1.C=C(C)C(=O)O.C=C(C)C(=O)O.CO.CO. The lowest BCUT2D eigenvalue weighted by atomic mass is 10.0. The van der Waals surface area contributed by atoms with Gasteiger partial charge in [0, 0.05) is 25.4 Å². The molecule has 0 atom stereocenters. The number of carboxylic acids is 2. The van der Waals surface area contributed by atoms with E-state index in [0.717, 1.165) is 14.2 Å². The number of hydrogen-bond donors (Lipinski definition) is 4.